The molecule has 0 fully saturated rings. The fourth-order valence-electron chi connectivity index (χ4n) is 1.69. The number of carbonyl (C=O) groups excluding carboxylic acids is 1. The van der Waals surface area contributed by atoms with Gasteiger partial charge in [-0.05, 0) is 18.6 Å². The second-order valence-electron chi connectivity index (χ2n) is 4.36. The topological polar surface area (TPSA) is 87.7 Å². The predicted octanol–water partition coefficient (Wildman–Crippen LogP) is 2.46. The van der Waals surface area contributed by atoms with E-state index in [4.69, 9.17) is 9.84 Å². The van der Waals surface area contributed by atoms with Gasteiger partial charge in [-0.1, -0.05) is 25.8 Å². The highest BCUT2D eigenvalue weighted by Crippen LogP contribution is 2.16. The second-order valence-corrected chi connectivity index (χ2v) is 4.36. The van der Waals surface area contributed by atoms with Crippen LogP contribution in [0.1, 0.15) is 26.2 Å². The van der Waals surface area contributed by atoms with Crippen LogP contribution in [0.15, 0.2) is 24.3 Å². The summed E-state index contributed by atoms with van der Waals surface area (Å²) in [6, 6.07) is 5.43. The van der Waals surface area contributed by atoms with Gasteiger partial charge in [0, 0.05) is 11.8 Å². The van der Waals surface area contributed by atoms with E-state index in [1.165, 1.54) is 7.11 Å². The predicted molar refractivity (Wildman–Crippen MR) is 76.1 cm³/mol. The minimum absolute atomic E-state index is 0.414. The number of rotatable bonds is 7. The largest absolute Gasteiger partial charge is 0.497 e. The molecule has 1 aromatic rings. The van der Waals surface area contributed by atoms with Gasteiger partial charge in [-0.25, -0.2) is 9.59 Å². The lowest BCUT2D eigenvalue weighted by atomic mass is 10.1. The van der Waals surface area contributed by atoms with Crippen LogP contribution in [0.2, 0.25) is 0 Å². The molecule has 1 rings (SSSR count). The number of hydrogen-bond donors (Lipinski definition) is 3. The number of ether oxygens (including phenoxy) is 1. The molecule has 2 amide bonds. The molecule has 6 nitrogen and oxygen atoms in total. The molecule has 0 saturated heterocycles. The van der Waals surface area contributed by atoms with Gasteiger partial charge in [-0.2, -0.15) is 0 Å². The summed E-state index contributed by atoms with van der Waals surface area (Å²) in [5, 5.41) is 14.1. The van der Waals surface area contributed by atoms with Gasteiger partial charge in [0.05, 0.1) is 7.11 Å². The van der Waals surface area contributed by atoms with Crippen molar-refractivity contribution in [1.82, 2.24) is 5.32 Å². The Hall–Kier alpha value is -2.24. The third kappa shape index (κ3) is 5.17. The molecular weight excluding hydrogens is 260 g/mol. The number of amides is 2. The first-order valence-corrected chi connectivity index (χ1v) is 6.51. The van der Waals surface area contributed by atoms with Crippen molar-refractivity contribution in [1.29, 1.82) is 0 Å². The zero-order valence-electron chi connectivity index (χ0n) is 11.7. The summed E-state index contributed by atoms with van der Waals surface area (Å²) in [6.07, 6.45) is 2.04. The van der Waals surface area contributed by atoms with Crippen LogP contribution >= 0.6 is 0 Å². The van der Waals surface area contributed by atoms with Gasteiger partial charge in [-0.3, -0.25) is 0 Å². The Kier molecular flexibility index (Phi) is 6.36. The molecular formula is C14H20N2O4. The smallest absolute Gasteiger partial charge is 0.326 e. The van der Waals surface area contributed by atoms with E-state index in [0.29, 0.717) is 17.9 Å². The Morgan fingerprint density at radius 2 is 2.15 bits per heavy atom. The Balaban J connectivity index is 2.58. The van der Waals surface area contributed by atoms with Crippen molar-refractivity contribution < 1.29 is 19.4 Å². The van der Waals surface area contributed by atoms with Crippen LogP contribution < -0.4 is 15.4 Å². The molecule has 6 heteroatoms. The lowest BCUT2D eigenvalue weighted by Crippen LogP contribution is -2.42. The van der Waals surface area contributed by atoms with Gasteiger partial charge in [0.15, 0.2) is 0 Å². The van der Waals surface area contributed by atoms with Crippen molar-refractivity contribution in [3.8, 4) is 5.75 Å². The van der Waals surface area contributed by atoms with Crippen LogP contribution in [0.3, 0.4) is 0 Å². The molecule has 1 aromatic carbocycles. The van der Waals surface area contributed by atoms with E-state index in [-0.39, 0.29) is 0 Å². The van der Waals surface area contributed by atoms with Crippen LogP contribution in [-0.4, -0.2) is 30.3 Å². The number of unbranched alkanes of at least 4 members (excludes halogenated alkanes) is 1. The lowest BCUT2D eigenvalue weighted by Gasteiger charge is -2.15. The normalized spacial score (nSPS) is 11.5. The molecule has 0 spiro atoms. The average Bonchev–Trinajstić information content (AvgIpc) is 2.43. The zero-order chi connectivity index (χ0) is 15.0. The van der Waals surface area contributed by atoms with Gasteiger partial charge in [0.1, 0.15) is 11.8 Å². The standard InChI is InChI=1S/C14H20N2O4/c1-3-4-8-12(13(17)18)16-14(19)15-10-6-5-7-11(9-10)20-2/h5-7,9,12H,3-4,8H2,1-2H3,(H,17,18)(H2,15,16,19). The molecule has 0 aliphatic heterocycles. The quantitative estimate of drug-likeness (QED) is 0.716. The van der Waals surface area contributed by atoms with E-state index in [1.807, 2.05) is 6.92 Å². The summed E-state index contributed by atoms with van der Waals surface area (Å²) >= 11 is 0. The minimum Gasteiger partial charge on any atom is -0.497 e. The molecule has 0 heterocycles. The van der Waals surface area contributed by atoms with Crippen molar-refractivity contribution in [3.63, 3.8) is 0 Å². The molecule has 0 aliphatic carbocycles. The van der Waals surface area contributed by atoms with Crippen molar-refractivity contribution in [2.45, 2.75) is 32.2 Å². The maximum atomic E-state index is 11.8. The van der Waals surface area contributed by atoms with Crippen molar-refractivity contribution in [3.05, 3.63) is 24.3 Å². The van der Waals surface area contributed by atoms with Crippen LogP contribution in [0, 0.1) is 0 Å². The van der Waals surface area contributed by atoms with Crippen molar-refractivity contribution in [2.75, 3.05) is 12.4 Å². The Morgan fingerprint density at radius 1 is 1.40 bits per heavy atom. The summed E-state index contributed by atoms with van der Waals surface area (Å²) in [7, 11) is 1.53. The maximum absolute atomic E-state index is 11.8. The fourth-order valence-corrected chi connectivity index (χ4v) is 1.69. The number of hydrogen-bond acceptors (Lipinski definition) is 3. The zero-order valence-corrected chi connectivity index (χ0v) is 11.7. The molecule has 20 heavy (non-hydrogen) atoms. The van der Waals surface area contributed by atoms with E-state index in [9.17, 15) is 9.59 Å². The van der Waals surface area contributed by atoms with Crippen LogP contribution in [0.4, 0.5) is 10.5 Å². The van der Waals surface area contributed by atoms with Gasteiger partial charge in [0.25, 0.3) is 0 Å². The number of aliphatic carboxylic acids is 1. The number of benzene rings is 1. The molecule has 0 aromatic heterocycles. The number of anilines is 1. The summed E-state index contributed by atoms with van der Waals surface area (Å²) in [6.45, 7) is 1.97. The number of carboxylic acids is 1. The number of carbonyl (C=O) groups is 2. The Bertz CT molecular complexity index is 462. The number of carboxylic acid groups (broad SMARTS) is 1. The molecule has 1 unspecified atom stereocenters. The Morgan fingerprint density at radius 3 is 2.75 bits per heavy atom. The first kappa shape index (κ1) is 15.8. The molecule has 0 bridgehead atoms. The third-order valence-corrected chi connectivity index (χ3v) is 2.78. The molecule has 3 N–H and O–H groups in total. The van der Waals surface area contributed by atoms with Crippen LogP contribution in [0.25, 0.3) is 0 Å². The van der Waals surface area contributed by atoms with E-state index >= 15 is 0 Å². The second kappa shape index (κ2) is 8.04. The number of nitrogens with one attached hydrogen (secondary N) is 2. The molecule has 0 saturated carbocycles. The monoisotopic (exact) mass is 280 g/mol. The van der Waals surface area contributed by atoms with Gasteiger partial charge >= 0.3 is 12.0 Å². The van der Waals surface area contributed by atoms with Crippen LogP contribution in [0.5, 0.6) is 5.75 Å². The fraction of sp³-hybridized carbons (Fsp3) is 0.429. The molecule has 1 atom stereocenters. The summed E-state index contributed by atoms with van der Waals surface area (Å²) < 4.78 is 5.04. The maximum Gasteiger partial charge on any atom is 0.326 e. The SMILES string of the molecule is CCCCC(NC(=O)Nc1cccc(OC)c1)C(=O)O. The van der Waals surface area contributed by atoms with E-state index < -0.39 is 18.0 Å². The first-order chi connectivity index (χ1) is 9.56. The van der Waals surface area contributed by atoms with Gasteiger partial charge in [0.2, 0.25) is 0 Å². The van der Waals surface area contributed by atoms with Crippen LogP contribution in [-0.2, 0) is 4.79 Å². The first-order valence-electron chi connectivity index (χ1n) is 6.51. The lowest BCUT2D eigenvalue weighted by molar-refractivity contribution is -0.139. The molecule has 110 valence electrons. The number of methoxy groups -OCH3 is 1. The highest BCUT2D eigenvalue weighted by atomic mass is 16.5. The summed E-state index contributed by atoms with van der Waals surface area (Å²) in [4.78, 5) is 22.8. The summed E-state index contributed by atoms with van der Waals surface area (Å²) in [5.41, 5.74) is 0.543. The van der Waals surface area contributed by atoms with Gasteiger partial charge in [-0.15, -0.1) is 0 Å². The Labute approximate surface area is 118 Å². The summed E-state index contributed by atoms with van der Waals surface area (Å²) in [5.74, 6) is -0.414. The third-order valence-electron chi connectivity index (χ3n) is 2.78. The minimum atomic E-state index is -1.03. The van der Waals surface area contributed by atoms with E-state index in [2.05, 4.69) is 10.6 Å². The van der Waals surface area contributed by atoms with Gasteiger partial charge < -0.3 is 20.5 Å². The van der Waals surface area contributed by atoms with Crippen molar-refractivity contribution in [2.24, 2.45) is 0 Å². The average molecular weight is 280 g/mol. The van der Waals surface area contributed by atoms with E-state index in [0.717, 1.165) is 12.8 Å². The highest BCUT2D eigenvalue weighted by Gasteiger charge is 2.19. The molecule has 0 aliphatic rings. The number of urea groups is 1. The molecule has 0 radical (unpaired) electrons. The highest BCUT2D eigenvalue weighted by molar-refractivity contribution is 5.92. The van der Waals surface area contributed by atoms with E-state index in [1.54, 1.807) is 24.3 Å². The van der Waals surface area contributed by atoms with Crippen molar-refractivity contribution >= 4 is 17.7 Å².